The highest BCUT2D eigenvalue weighted by Crippen LogP contribution is 2.26. The number of carbonyl (C=O) groups excluding carboxylic acids is 1. The van der Waals surface area contributed by atoms with Crippen LogP contribution in [0.3, 0.4) is 0 Å². The monoisotopic (exact) mass is 406 g/mol. The van der Waals surface area contributed by atoms with Crippen LogP contribution in [0.2, 0.25) is 0 Å². The van der Waals surface area contributed by atoms with E-state index in [4.69, 9.17) is 24.9 Å². The number of anilines is 1. The molecule has 1 fully saturated rings. The highest BCUT2D eigenvalue weighted by Gasteiger charge is 2.36. The summed E-state index contributed by atoms with van der Waals surface area (Å²) in [6.45, 7) is 7.79. The lowest BCUT2D eigenvalue weighted by molar-refractivity contribution is 0.00946. The Hall–Kier alpha value is -1.90. The fourth-order valence-corrected chi connectivity index (χ4v) is 3.81. The van der Waals surface area contributed by atoms with Gasteiger partial charge in [-0.05, 0) is 51.7 Å². The molecule has 8 heteroatoms. The topological polar surface area (TPSA) is 98.9 Å². The van der Waals surface area contributed by atoms with E-state index >= 15 is 0 Å². The Bertz CT molecular complexity index is 706. The molecule has 162 valence electrons. The van der Waals surface area contributed by atoms with Crippen LogP contribution in [0.4, 0.5) is 10.6 Å². The number of alkyl carbamates (subject to hydrolysis) is 1. The van der Waals surface area contributed by atoms with Crippen molar-refractivity contribution in [3.63, 3.8) is 0 Å². The van der Waals surface area contributed by atoms with Gasteiger partial charge in [-0.2, -0.15) is 0 Å². The normalized spacial score (nSPS) is 24.3. The van der Waals surface area contributed by atoms with Gasteiger partial charge in [-0.3, -0.25) is 0 Å². The number of hydrogen-bond donors (Lipinski definition) is 2. The molecule has 29 heavy (non-hydrogen) atoms. The minimum Gasteiger partial charge on any atom is -0.444 e. The number of methoxy groups -OCH3 is 1. The predicted molar refractivity (Wildman–Crippen MR) is 111 cm³/mol. The molecule has 0 spiro atoms. The van der Waals surface area contributed by atoms with E-state index in [9.17, 15) is 4.79 Å². The Morgan fingerprint density at radius 3 is 2.83 bits per heavy atom. The molecule has 0 bridgehead atoms. The summed E-state index contributed by atoms with van der Waals surface area (Å²) in [4.78, 5) is 19.3. The van der Waals surface area contributed by atoms with Crippen LogP contribution in [0.5, 0.6) is 0 Å². The Kier molecular flexibility index (Phi) is 6.97. The fourth-order valence-electron chi connectivity index (χ4n) is 3.81. The number of rotatable bonds is 6. The molecule has 1 aromatic heterocycles. The summed E-state index contributed by atoms with van der Waals surface area (Å²) in [6, 6.07) is 4.21. The van der Waals surface area contributed by atoms with Gasteiger partial charge in [-0.25, -0.2) is 9.78 Å². The molecular formula is C21H34N4O4. The molecule has 1 aliphatic carbocycles. The van der Waals surface area contributed by atoms with E-state index in [0.29, 0.717) is 26.3 Å². The number of hydrogen-bond acceptors (Lipinski definition) is 7. The van der Waals surface area contributed by atoms with Crippen molar-refractivity contribution in [2.75, 3.05) is 38.3 Å². The maximum absolute atomic E-state index is 12.3. The minimum atomic E-state index is -0.546. The molecule has 1 amide bonds. The van der Waals surface area contributed by atoms with Crippen LogP contribution in [0, 0.1) is 0 Å². The van der Waals surface area contributed by atoms with Crippen molar-refractivity contribution in [2.24, 2.45) is 5.73 Å². The Balaban J connectivity index is 1.69. The number of nitrogens with zero attached hydrogens (tertiary/aromatic N) is 2. The largest absolute Gasteiger partial charge is 0.444 e. The molecule has 1 saturated heterocycles. The summed E-state index contributed by atoms with van der Waals surface area (Å²) in [7, 11) is 1.64. The van der Waals surface area contributed by atoms with E-state index in [1.165, 1.54) is 5.56 Å². The maximum Gasteiger partial charge on any atom is 0.408 e. The fraction of sp³-hybridized carbons (Fsp3) is 0.714. The van der Waals surface area contributed by atoms with Crippen LogP contribution in [0.15, 0.2) is 12.1 Å². The zero-order valence-electron chi connectivity index (χ0n) is 17.9. The van der Waals surface area contributed by atoms with Gasteiger partial charge in [0.25, 0.3) is 0 Å². The number of nitrogens with two attached hydrogens (primary N) is 1. The van der Waals surface area contributed by atoms with Gasteiger partial charge in [0.05, 0.1) is 25.4 Å². The summed E-state index contributed by atoms with van der Waals surface area (Å²) in [5, 5.41) is 2.97. The quantitative estimate of drug-likeness (QED) is 0.693. The van der Waals surface area contributed by atoms with Crippen molar-refractivity contribution >= 4 is 11.9 Å². The summed E-state index contributed by atoms with van der Waals surface area (Å²) in [5.41, 5.74) is 7.90. The molecule has 3 atom stereocenters. The van der Waals surface area contributed by atoms with Crippen LogP contribution in [0.25, 0.3) is 0 Å². The summed E-state index contributed by atoms with van der Waals surface area (Å²) >= 11 is 0. The number of pyridine rings is 1. The van der Waals surface area contributed by atoms with Gasteiger partial charge >= 0.3 is 6.09 Å². The molecule has 0 aromatic carbocycles. The smallest absolute Gasteiger partial charge is 0.408 e. The highest BCUT2D eigenvalue weighted by molar-refractivity contribution is 5.68. The third kappa shape index (κ3) is 6.04. The number of nitrogens with one attached hydrogen (secondary N) is 1. The SMILES string of the molecule is COCCOC1CN(c2ccc3c(n2)CC[C@H](N)C3)CC1NC(=O)OC(C)(C)C. The number of ether oxygens (including phenoxy) is 3. The van der Waals surface area contributed by atoms with Crippen molar-refractivity contribution in [3.05, 3.63) is 23.4 Å². The van der Waals surface area contributed by atoms with Gasteiger partial charge in [0.15, 0.2) is 0 Å². The second-order valence-corrected chi connectivity index (χ2v) is 8.84. The third-order valence-electron chi connectivity index (χ3n) is 5.20. The van der Waals surface area contributed by atoms with Crippen molar-refractivity contribution in [3.8, 4) is 0 Å². The molecule has 3 N–H and O–H groups in total. The average Bonchev–Trinajstić information content (AvgIpc) is 3.02. The number of fused-ring (bicyclic) bond motifs is 1. The van der Waals surface area contributed by atoms with Crippen molar-refractivity contribution in [1.29, 1.82) is 0 Å². The standard InChI is InChI=1S/C21H34N4O4/c1-21(2,3)29-20(26)24-17-12-25(13-18(17)28-10-9-27-4)19-8-5-14-11-15(22)6-7-16(14)23-19/h5,8,15,17-18H,6-7,9-13,22H2,1-4H3,(H,24,26)/t15-,17?,18?/m0/s1. The van der Waals surface area contributed by atoms with E-state index in [1.54, 1.807) is 7.11 Å². The van der Waals surface area contributed by atoms with Gasteiger partial charge in [0.1, 0.15) is 11.4 Å². The second-order valence-electron chi connectivity index (χ2n) is 8.84. The van der Waals surface area contributed by atoms with Crippen molar-refractivity contribution in [1.82, 2.24) is 10.3 Å². The highest BCUT2D eigenvalue weighted by atomic mass is 16.6. The summed E-state index contributed by atoms with van der Waals surface area (Å²) in [6.07, 6.45) is 2.16. The predicted octanol–water partition coefficient (Wildman–Crippen LogP) is 1.64. The van der Waals surface area contributed by atoms with E-state index in [1.807, 2.05) is 26.8 Å². The first kappa shape index (κ1) is 21.8. The molecule has 0 radical (unpaired) electrons. The van der Waals surface area contributed by atoms with Crippen LogP contribution >= 0.6 is 0 Å². The summed E-state index contributed by atoms with van der Waals surface area (Å²) in [5.74, 6) is 0.910. The van der Waals surface area contributed by atoms with Gasteiger partial charge in [0.2, 0.25) is 0 Å². The van der Waals surface area contributed by atoms with Gasteiger partial charge in [0, 0.05) is 31.9 Å². The number of aromatic nitrogens is 1. The van der Waals surface area contributed by atoms with E-state index < -0.39 is 11.7 Å². The molecule has 2 unspecified atom stereocenters. The number of amides is 1. The first-order chi connectivity index (χ1) is 13.7. The minimum absolute atomic E-state index is 0.163. The van der Waals surface area contributed by atoms with Crippen LogP contribution in [-0.2, 0) is 27.1 Å². The first-order valence-corrected chi connectivity index (χ1v) is 10.3. The number of carbonyl (C=O) groups is 1. The molecular weight excluding hydrogens is 372 g/mol. The Labute approximate surface area is 173 Å². The molecule has 8 nitrogen and oxygen atoms in total. The van der Waals surface area contributed by atoms with Crippen molar-refractivity contribution < 1.29 is 19.0 Å². The summed E-state index contributed by atoms with van der Waals surface area (Å²) < 4.78 is 16.5. The third-order valence-corrected chi connectivity index (χ3v) is 5.20. The van der Waals surface area contributed by atoms with Crippen molar-refractivity contribution in [2.45, 2.75) is 63.8 Å². The van der Waals surface area contributed by atoms with Crippen LogP contribution in [0.1, 0.15) is 38.4 Å². The molecule has 1 aliphatic heterocycles. The molecule has 3 rings (SSSR count). The van der Waals surface area contributed by atoms with Crippen LogP contribution < -0.4 is 16.0 Å². The molecule has 0 saturated carbocycles. The van der Waals surface area contributed by atoms with E-state index in [2.05, 4.69) is 16.3 Å². The van der Waals surface area contributed by atoms with Gasteiger partial charge < -0.3 is 30.2 Å². The number of aryl methyl sites for hydroxylation is 1. The lowest BCUT2D eigenvalue weighted by Crippen LogP contribution is -2.46. The molecule has 1 aromatic rings. The lowest BCUT2D eigenvalue weighted by Gasteiger charge is -2.24. The first-order valence-electron chi connectivity index (χ1n) is 10.3. The second kappa shape index (κ2) is 9.28. The lowest BCUT2D eigenvalue weighted by atomic mass is 9.92. The van der Waals surface area contributed by atoms with E-state index in [-0.39, 0.29) is 18.2 Å². The van der Waals surface area contributed by atoms with Gasteiger partial charge in [-0.15, -0.1) is 0 Å². The Morgan fingerprint density at radius 2 is 2.10 bits per heavy atom. The molecule has 2 heterocycles. The Morgan fingerprint density at radius 1 is 1.31 bits per heavy atom. The van der Waals surface area contributed by atoms with E-state index in [0.717, 1.165) is 30.8 Å². The van der Waals surface area contributed by atoms with Crippen LogP contribution in [-0.4, -0.2) is 68.3 Å². The van der Waals surface area contributed by atoms with Gasteiger partial charge in [-0.1, -0.05) is 6.07 Å². The maximum atomic E-state index is 12.3. The molecule has 2 aliphatic rings. The zero-order chi connectivity index (χ0) is 21.0. The average molecular weight is 407 g/mol. The zero-order valence-corrected chi connectivity index (χ0v) is 17.9.